The van der Waals surface area contributed by atoms with Crippen LogP contribution in [-0.4, -0.2) is 5.91 Å². The predicted octanol–water partition coefficient (Wildman–Crippen LogP) is 5.25. The molecule has 106 valence electrons. The highest BCUT2D eigenvalue weighted by molar-refractivity contribution is 7.17. The number of carbonyl (C=O) groups is 1. The van der Waals surface area contributed by atoms with Gasteiger partial charge in [-0.2, -0.15) is 5.26 Å². The number of rotatable bonds is 3. The Kier molecular flexibility index (Phi) is 5.27. The number of nitrogens with zero attached hydrogens (tertiary/aromatic N) is 1. The minimum absolute atomic E-state index is 0.0513. The molecule has 0 saturated heterocycles. The van der Waals surface area contributed by atoms with E-state index in [1.165, 1.54) is 23.5 Å². The Morgan fingerprint density at radius 3 is 2.62 bits per heavy atom. The van der Waals surface area contributed by atoms with Gasteiger partial charge < -0.3 is 5.32 Å². The maximum atomic E-state index is 12.1. The monoisotopic (exact) mass is 356 g/mol. The molecule has 1 aromatic heterocycles. The first-order chi connectivity index (χ1) is 9.99. The minimum Gasteiger partial charge on any atom is -0.320 e. The van der Waals surface area contributed by atoms with Crippen LogP contribution in [0.1, 0.15) is 4.88 Å². The Balaban J connectivity index is 2.23. The van der Waals surface area contributed by atoms with Gasteiger partial charge in [-0.25, -0.2) is 0 Å². The normalized spacial score (nSPS) is 11.0. The number of hydrogen-bond donors (Lipinski definition) is 1. The van der Waals surface area contributed by atoms with Crippen LogP contribution in [0.25, 0.3) is 6.08 Å². The molecule has 0 spiro atoms. The molecule has 1 amide bonds. The predicted molar refractivity (Wildman–Crippen MR) is 88.0 cm³/mol. The van der Waals surface area contributed by atoms with Crippen molar-refractivity contribution in [1.29, 1.82) is 5.26 Å². The fourth-order valence-corrected chi connectivity index (χ4v) is 2.82. The third-order valence-electron chi connectivity index (χ3n) is 2.42. The van der Waals surface area contributed by atoms with Crippen LogP contribution in [-0.2, 0) is 4.79 Å². The fourth-order valence-electron chi connectivity index (χ4n) is 1.48. The van der Waals surface area contributed by atoms with Crippen molar-refractivity contribution in [2.24, 2.45) is 0 Å². The standard InChI is InChI=1S/C14H7Cl3N2OS/c15-9-1-3-11(16)12(6-9)19-14(20)8(7-18)5-10-2-4-13(17)21-10/h1-6H,(H,19,20)/b8-5+. The Hall–Kier alpha value is -1.51. The van der Waals surface area contributed by atoms with Crippen LogP contribution >= 0.6 is 46.1 Å². The van der Waals surface area contributed by atoms with Crippen LogP contribution in [0.4, 0.5) is 5.69 Å². The molecule has 1 heterocycles. The smallest absolute Gasteiger partial charge is 0.266 e. The van der Waals surface area contributed by atoms with Gasteiger partial charge in [0.15, 0.2) is 0 Å². The van der Waals surface area contributed by atoms with Crippen molar-refractivity contribution >= 4 is 63.8 Å². The molecule has 0 bridgehead atoms. The van der Waals surface area contributed by atoms with E-state index in [4.69, 9.17) is 40.1 Å². The molecule has 1 N–H and O–H groups in total. The van der Waals surface area contributed by atoms with E-state index in [2.05, 4.69) is 5.32 Å². The third kappa shape index (κ3) is 4.23. The quantitative estimate of drug-likeness (QED) is 0.602. The lowest BCUT2D eigenvalue weighted by Gasteiger charge is -2.06. The summed E-state index contributed by atoms with van der Waals surface area (Å²) in [5.74, 6) is -0.564. The van der Waals surface area contributed by atoms with Crippen molar-refractivity contribution in [2.45, 2.75) is 0 Å². The average Bonchev–Trinajstić information content (AvgIpc) is 2.85. The van der Waals surface area contributed by atoms with Crippen molar-refractivity contribution in [3.8, 4) is 6.07 Å². The summed E-state index contributed by atoms with van der Waals surface area (Å²) < 4.78 is 0.580. The number of carbonyl (C=O) groups excluding carboxylic acids is 1. The molecule has 0 saturated carbocycles. The highest BCUT2D eigenvalue weighted by Gasteiger charge is 2.12. The summed E-state index contributed by atoms with van der Waals surface area (Å²) >= 11 is 18.9. The number of benzene rings is 1. The maximum Gasteiger partial charge on any atom is 0.266 e. The maximum absolute atomic E-state index is 12.1. The first-order valence-electron chi connectivity index (χ1n) is 5.63. The molecule has 0 aliphatic carbocycles. The molecule has 0 radical (unpaired) electrons. The SMILES string of the molecule is N#C/C(=C\c1ccc(Cl)s1)C(=O)Nc1cc(Cl)ccc1Cl. The van der Waals surface area contributed by atoms with Gasteiger partial charge in [-0.15, -0.1) is 11.3 Å². The largest absolute Gasteiger partial charge is 0.320 e. The summed E-state index contributed by atoms with van der Waals surface area (Å²) in [5.41, 5.74) is 0.295. The van der Waals surface area contributed by atoms with Crippen molar-refractivity contribution in [2.75, 3.05) is 5.32 Å². The molecule has 2 rings (SSSR count). The molecule has 0 atom stereocenters. The highest BCUT2D eigenvalue weighted by atomic mass is 35.5. The van der Waals surface area contributed by atoms with Gasteiger partial charge in [0.2, 0.25) is 0 Å². The Labute approximate surface area is 140 Å². The van der Waals surface area contributed by atoms with Gasteiger partial charge in [0.25, 0.3) is 5.91 Å². The second-order valence-corrected chi connectivity index (χ2v) is 6.48. The van der Waals surface area contributed by atoms with Gasteiger partial charge in [-0.3, -0.25) is 4.79 Å². The van der Waals surface area contributed by atoms with Crippen molar-refractivity contribution < 1.29 is 4.79 Å². The first-order valence-corrected chi connectivity index (χ1v) is 7.58. The van der Waals surface area contributed by atoms with Crippen LogP contribution < -0.4 is 5.32 Å². The topological polar surface area (TPSA) is 52.9 Å². The molecule has 3 nitrogen and oxygen atoms in total. The molecular formula is C14H7Cl3N2OS. The molecule has 21 heavy (non-hydrogen) atoms. The van der Waals surface area contributed by atoms with E-state index in [0.29, 0.717) is 24.9 Å². The summed E-state index contributed by atoms with van der Waals surface area (Å²) in [7, 11) is 0. The number of amides is 1. The van der Waals surface area contributed by atoms with Crippen LogP contribution in [0.5, 0.6) is 0 Å². The zero-order chi connectivity index (χ0) is 15.4. The lowest BCUT2D eigenvalue weighted by Crippen LogP contribution is -2.13. The summed E-state index contributed by atoms with van der Waals surface area (Å²) in [6.45, 7) is 0. The van der Waals surface area contributed by atoms with Gasteiger partial charge >= 0.3 is 0 Å². The van der Waals surface area contributed by atoms with Gasteiger partial charge in [0.05, 0.1) is 15.0 Å². The first kappa shape index (κ1) is 15.9. The van der Waals surface area contributed by atoms with E-state index in [0.717, 1.165) is 0 Å². The van der Waals surface area contributed by atoms with Gasteiger partial charge in [0, 0.05) is 9.90 Å². The number of anilines is 1. The van der Waals surface area contributed by atoms with E-state index >= 15 is 0 Å². The summed E-state index contributed by atoms with van der Waals surface area (Å²) in [6, 6.07) is 9.95. The Morgan fingerprint density at radius 2 is 2.00 bits per heavy atom. The van der Waals surface area contributed by atoms with Crippen LogP contribution in [0.15, 0.2) is 35.9 Å². The molecule has 0 fully saturated rings. The third-order valence-corrected chi connectivity index (χ3v) is 4.17. The molecule has 0 aliphatic heterocycles. The van der Waals surface area contributed by atoms with Crippen LogP contribution in [0, 0.1) is 11.3 Å². The number of halogens is 3. The van der Waals surface area contributed by atoms with E-state index in [9.17, 15) is 4.79 Å². The zero-order valence-corrected chi connectivity index (χ0v) is 13.4. The van der Waals surface area contributed by atoms with Crippen molar-refractivity contribution in [1.82, 2.24) is 0 Å². The summed E-state index contributed by atoms with van der Waals surface area (Å²) in [5, 5.41) is 12.4. The van der Waals surface area contributed by atoms with Crippen LogP contribution in [0.3, 0.4) is 0 Å². The van der Waals surface area contributed by atoms with Gasteiger partial charge in [-0.1, -0.05) is 34.8 Å². The molecule has 7 heteroatoms. The summed E-state index contributed by atoms with van der Waals surface area (Å²) in [4.78, 5) is 12.8. The van der Waals surface area contributed by atoms with Crippen molar-refractivity contribution in [3.63, 3.8) is 0 Å². The Bertz CT molecular complexity index is 762. The van der Waals surface area contributed by atoms with E-state index in [-0.39, 0.29) is 5.57 Å². The average molecular weight is 358 g/mol. The van der Waals surface area contributed by atoms with Gasteiger partial charge in [0.1, 0.15) is 11.6 Å². The van der Waals surface area contributed by atoms with Gasteiger partial charge in [-0.05, 0) is 36.4 Å². The molecule has 2 aromatic rings. The number of nitrogens with one attached hydrogen (secondary N) is 1. The second kappa shape index (κ2) is 6.97. The lowest BCUT2D eigenvalue weighted by molar-refractivity contribution is -0.112. The zero-order valence-electron chi connectivity index (χ0n) is 10.4. The van der Waals surface area contributed by atoms with Crippen LogP contribution in [0.2, 0.25) is 14.4 Å². The summed E-state index contributed by atoms with van der Waals surface area (Å²) in [6.07, 6.45) is 1.46. The fraction of sp³-hybridized carbons (Fsp3) is 0. The molecule has 1 aromatic carbocycles. The number of thiophene rings is 1. The molecular weight excluding hydrogens is 351 g/mol. The highest BCUT2D eigenvalue weighted by Crippen LogP contribution is 2.27. The number of nitriles is 1. The lowest BCUT2D eigenvalue weighted by atomic mass is 10.2. The van der Waals surface area contributed by atoms with E-state index < -0.39 is 5.91 Å². The van der Waals surface area contributed by atoms with E-state index in [1.807, 2.05) is 6.07 Å². The molecule has 0 aliphatic rings. The minimum atomic E-state index is -0.564. The van der Waals surface area contributed by atoms with E-state index in [1.54, 1.807) is 24.3 Å². The second-order valence-electron chi connectivity index (χ2n) is 3.89. The number of hydrogen-bond acceptors (Lipinski definition) is 3. The molecule has 0 unspecified atom stereocenters. The van der Waals surface area contributed by atoms with Crippen molar-refractivity contribution in [3.05, 3.63) is 55.2 Å². The Morgan fingerprint density at radius 1 is 1.24 bits per heavy atom.